The van der Waals surface area contributed by atoms with Crippen molar-refractivity contribution >= 4 is 27.5 Å². The Bertz CT molecular complexity index is 1030. The van der Waals surface area contributed by atoms with Gasteiger partial charge >= 0.3 is 12.1 Å². The van der Waals surface area contributed by atoms with E-state index in [1.165, 1.54) is 33.5 Å². The highest BCUT2D eigenvalue weighted by atomic mass is 79.9. The first kappa shape index (κ1) is 29.6. The van der Waals surface area contributed by atoms with Crippen LogP contribution in [0, 0.1) is 0 Å². The standard InChI is InChI=1S/C22H26BrF3N2O8/c1-31-11-17(21(29)30)16-7-5-4-6-14(16)9-35-20-18(22(24,25)26)19(23)28(27-20)8-15(36-13-33-3)10-34-12-32-2/h4-7,11,15H,8-10,12-13H2,1-3H3,(H,29,30)/b17-11+. The van der Waals surface area contributed by atoms with Crippen LogP contribution in [0.3, 0.4) is 0 Å². The minimum atomic E-state index is -4.80. The van der Waals surface area contributed by atoms with Crippen molar-refractivity contribution in [2.24, 2.45) is 0 Å². The number of aromatic nitrogens is 2. The Kier molecular flexibility index (Phi) is 11.7. The zero-order valence-corrected chi connectivity index (χ0v) is 21.3. The monoisotopic (exact) mass is 582 g/mol. The van der Waals surface area contributed by atoms with E-state index in [4.69, 9.17) is 28.4 Å². The number of carbonyl (C=O) groups is 1. The summed E-state index contributed by atoms with van der Waals surface area (Å²) in [5, 5.41) is 13.5. The fourth-order valence-electron chi connectivity index (χ4n) is 3.06. The van der Waals surface area contributed by atoms with E-state index in [0.29, 0.717) is 5.56 Å². The van der Waals surface area contributed by atoms with Crippen molar-refractivity contribution in [3.8, 4) is 5.88 Å². The van der Waals surface area contributed by atoms with Crippen LogP contribution in [0.1, 0.15) is 16.7 Å². The predicted octanol–water partition coefficient (Wildman–Crippen LogP) is 3.92. The van der Waals surface area contributed by atoms with Gasteiger partial charge in [0.2, 0.25) is 5.88 Å². The number of nitrogens with zero attached hydrogens (tertiary/aromatic N) is 2. The minimum Gasteiger partial charge on any atom is -0.503 e. The SMILES string of the molecule is CO/C=C(/C(=O)O)c1ccccc1COc1nn(CC(COCOC)OCOC)c(Br)c1C(F)(F)F. The predicted molar refractivity (Wildman–Crippen MR) is 123 cm³/mol. The number of benzene rings is 1. The minimum absolute atomic E-state index is 0.00177. The lowest BCUT2D eigenvalue weighted by molar-refractivity contribution is -0.140. The van der Waals surface area contributed by atoms with E-state index < -0.39 is 36.3 Å². The van der Waals surface area contributed by atoms with E-state index in [-0.39, 0.29) is 42.5 Å². The van der Waals surface area contributed by atoms with E-state index in [9.17, 15) is 23.1 Å². The maximum absolute atomic E-state index is 13.9. The number of carboxylic acids is 1. The number of alkyl halides is 3. The molecule has 0 radical (unpaired) electrons. The highest BCUT2D eigenvalue weighted by Gasteiger charge is 2.41. The highest BCUT2D eigenvalue weighted by molar-refractivity contribution is 9.10. The topological polar surface area (TPSA) is 111 Å². The molecule has 10 nitrogen and oxygen atoms in total. The van der Waals surface area contributed by atoms with Crippen molar-refractivity contribution in [1.29, 1.82) is 0 Å². The van der Waals surface area contributed by atoms with Gasteiger partial charge in [-0.15, -0.1) is 5.10 Å². The van der Waals surface area contributed by atoms with Gasteiger partial charge < -0.3 is 33.5 Å². The molecule has 2 aromatic rings. The second-order valence-electron chi connectivity index (χ2n) is 7.14. The third-order valence-electron chi connectivity index (χ3n) is 4.58. The Balaban J connectivity index is 2.35. The lowest BCUT2D eigenvalue weighted by atomic mass is 10.0. The summed E-state index contributed by atoms with van der Waals surface area (Å²) in [4.78, 5) is 11.6. The van der Waals surface area contributed by atoms with Crippen molar-refractivity contribution in [2.75, 3.05) is 41.5 Å². The first-order chi connectivity index (χ1) is 17.1. The number of methoxy groups -OCH3 is 3. The highest BCUT2D eigenvalue weighted by Crippen LogP contribution is 2.41. The zero-order valence-electron chi connectivity index (χ0n) is 19.7. The fourth-order valence-corrected chi connectivity index (χ4v) is 3.68. The smallest absolute Gasteiger partial charge is 0.424 e. The summed E-state index contributed by atoms with van der Waals surface area (Å²) in [7, 11) is 4.11. The van der Waals surface area contributed by atoms with Gasteiger partial charge in [0.05, 0.1) is 26.5 Å². The lowest BCUT2D eigenvalue weighted by Crippen LogP contribution is -2.27. The second kappa shape index (κ2) is 14.2. The van der Waals surface area contributed by atoms with Crippen LogP contribution >= 0.6 is 15.9 Å². The quantitative estimate of drug-likeness (QED) is 0.144. The summed E-state index contributed by atoms with van der Waals surface area (Å²) in [5.41, 5.74) is -0.777. The Morgan fingerprint density at radius 1 is 1.19 bits per heavy atom. The fraction of sp³-hybridized carbons (Fsp3) is 0.455. The number of rotatable bonds is 15. The summed E-state index contributed by atoms with van der Waals surface area (Å²) < 4.78 is 73.0. The average molecular weight is 583 g/mol. The maximum Gasteiger partial charge on any atom is 0.424 e. The Morgan fingerprint density at radius 3 is 2.50 bits per heavy atom. The summed E-state index contributed by atoms with van der Waals surface area (Å²) in [6.07, 6.45) is -4.49. The molecule has 1 N–H and O–H groups in total. The molecule has 1 heterocycles. The first-order valence-electron chi connectivity index (χ1n) is 10.3. The van der Waals surface area contributed by atoms with E-state index in [1.54, 1.807) is 12.1 Å². The van der Waals surface area contributed by atoms with Crippen LogP contribution in [-0.2, 0) is 47.8 Å². The first-order valence-corrected chi connectivity index (χ1v) is 11.1. The molecule has 14 heteroatoms. The molecule has 200 valence electrons. The van der Waals surface area contributed by atoms with Crippen LogP contribution < -0.4 is 4.74 Å². The molecule has 0 saturated heterocycles. The largest absolute Gasteiger partial charge is 0.503 e. The number of carboxylic acid groups (broad SMARTS) is 1. The van der Waals surface area contributed by atoms with Crippen LogP contribution in [0.2, 0.25) is 0 Å². The number of hydrogen-bond acceptors (Lipinski definition) is 8. The molecule has 1 aromatic carbocycles. The van der Waals surface area contributed by atoms with E-state index in [1.807, 2.05) is 0 Å². The van der Waals surface area contributed by atoms with Crippen molar-refractivity contribution in [1.82, 2.24) is 9.78 Å². The normalized spacial score (nSPS) is 13.0. The van der Waals surface area contributed by atoms with E-state index in [0.717, 1.165) is 10.9 Å². The molecular weight excluding hydrogens is 557 g/mol. The number of hydrogen-bond donors (Lipinski definition) is 1. The van der Waals surface area contributed by atoms with Crippen LogP contribution in [0.5, 0.6) is 5.88 Å². The van der Waals surface area contributed by atoms with Gasteiger partial charge in [-0.05, 0) is 27.1 Å². The molecule has 0 fully saturated rings. The van der Waals surface area contributed by atoms with E-state index in [2.05, 4.69) is 21.0 Å². The van der Waals surface area contributed by atoms with Gasteiger partial charge in [0.15, 0.2) is 5.56 Å². The van der Waals surface area contributed by atoms with Gasteiger partial charge in [-0.1, -0.05) is 24.3 Å². The maximum atomic E-state index is 13.9. The van der Waals surface area contributed by atoms with Crippen molar-refractivity contribution in [3.63, 3.8) is 0 Å². The lowest BCUT2D eigenvalue weighted by Gasteiger charge is -2.18. The third-order valence-corrected chi connectivity index (χ3v) is 5.39. The molecule has 1 aromatic heterocycles. The van der Waals surface area contributed by atoms with E-state index >= 15 is 0 Å². The Labute approximate surface area is 213 Å². The van der Waals surface area contributed by atoms with Crippen molar-refractivity contribution < 1.29 is 51.5 Å². The van der Waals surface area contributed by atoms with Gasteiger partial charge in [0.1, 0.15) is 36.5 Å². The molecule has 0 aliphatic carbocycles. The van der Waals surface area contributed by atoms with Crippen molar-refractivity contribution in [3.05, 3.63) is 51.8 Å². The zero-order chi connectivity index (χ0) is 26.7. The molecule has 0 amide bonds. The summed E-state index contributed by atoms with van der Waals surface area (Å²) in [6.45, 7) is -0.677. The Morgan fingerprint density at radius 2 is 1.89 bits per heavy atom. The molecular formula is C22H26BrF3N2O8. The number of ether oxygens (including phenoxy) is 6. The van der Waals surface area contributed by atoms with Crippen LogP contribution in [0.25, 0.3) is 5.57 Å². The van der Waals surface area contributed by atoms with Gasteiger partial charge in [-0.2, -0.15) is 13.2 Å². The summed E-state index contributed by atoms with van der Waals surface area (Å²) in [6, 6.07) is 6.21. The number of halogens is 4. The second-order valence-corrected chi connectivity index (χ2v) is 7.89. The molecule has 0 aliphatic heterocycles. The van der Waals surface area contributed by atoms with Gasteiger partial charge in [0, 0.05) is 14.2 Å². The molecule has 0 saturated carbocycles. The molecule has 0 aliphatic rings. The van der Waals surface area contributed by atoms with Gasteiger partial charge in [0.25, 0.3) is 0 Å². The van der Waals surface area contributed by atoms with Crippen LogP contribution in [-0.4, -0.2) is 68.5 Å². The summed E-state index contributed by atoms with van der Waals surface area (Å²) in [5.74, 6) is -1.97. The molecule has 1 unspecified atom stereocenters. The average Bonchev–Trinajstić information content (AvgIpc) is 3.14. The molecule has 1 atom stereocenters. The molecule has 36 heavy (non-hydrogen) atoms. The molecule has 0 spiro atoms. The van der Waals surface area contributed by atoms with Crippen LogP contribution in [0.4, 0.5) is 13.2 Å². The third kappa shape index (κ3) is 8.20. The number of aliphatic carboxylic acids is 1. The van der Waals surface area contributed by atoms with Crippen LogP contribution in [0.15, 0.2) is 35.1 Å². The Hall–Kier alpha value is -2.65. The molecule has 0 bridgehead atoms. The van der Waals surface area contributed by atoms with Crippen molar-refractivity contribution in [2.45, 2.75) is 25.4 Å². The molecule has 2 rings (SSSR count). The van der Waals surface area contributed by atoms with Gasteiger partial charge in [-0.3, -0.25) is 4.68 Å². The van der Waals surface area contributed by atoms with Gasteiger partial charge in [-0.25, -0.2) is 4.79 Å². The summed E-state index contributed by atoms with van der Waals surface area (Å²) >= 11 is 2.96.